The third kappa shape index (κ3) is 5.54. The van der Waals surface area contributed by atoms with Gasteiger partial charge in [-0.05, 0) is 60.7 Å². The number of anilines is 1. The molecule has 0 aliphatic rings. The topological polar surface area (TPSA) is 93.4 Å². The van der Waals surface area contributed by atoms with Crippen molar-refractivity contribution in [2.45, 2.75) is 31.3 Å². The molecule has 0 aliphatic carbocycles. The van der Waals surface area contributed by atoms with E-state index in [0.29, 0.717) is 11.3 Å². The van der Waals surface area contributed by atoms with Gasteiger partial charge >= 0.3 is 6.18 Å². The van der Waals surface area contributed by atoms with E-state index in [0.717, 1.165) is 29.6 Å². The van der Waals surface area contributed by atoms with E-state index in [4.69, 9.17) is 5.73 Å². The number of benzene rings is 2. The molecule has 0 bridgehead atoms. The molecule has 10 heteroatoms. The summed E-state index contributed by atoms with van der Waals surface area (Å²) in [5, 5.41) is 0. The van der Waals surface area contributed by atoms with Crippen LogP contribution in [0.2, 0.25) is 0 Å². The summed E-state index contributed by atoms with van der Waals surface area (Å²) in [5.41, 5.74) is 8.17. The molecule has 1 atom stereocenters. The number of alkyl halides is 3. The highest BCUT2D eigenvalue weighted by molar-refractivity contribution is 7.92. The van der Waals surface area contributed by atoms with Crippen molar-refractivity contribution in [2.24, 2.45) is 5.73 Å². The maximum atomic E-state index is 13.9. The Morgan fingerprint density at radius 3 is 2.17 bits per heavy atom. The first-order chi connectivity index (χ1) is 16.2. The highest BCUT2D eigenvalue weighted by Crippen LogP contribution is 2.31. The van der Waals surface area contributed by atoms with E-state index in [1.807, 2.05) is 13.8 Å². The molecule has 1 amide bonds. The van der Waals surface area contributed by atoms with Gasteiger partial charge in [-0.3, -0.25) is 9.78 Å². The highest BCUT2D eigenvalue weighted by atomic mass is 32.2. The zero-order valence-corrected chi connectivity index (χ0v) is 20.3. The van der Waals surface area contributed by atoms with Gasteiger partial charge in [0.1, 0.15) is 5.69 Å². The minimum atomic E-state index is -4.57. The van der Waals surface area contributed by atoms with Crippen LogP contribution >= 0.6 is 0 Å². The average molecular weight is 506 g/mol. The van der Waals surface area contributed by atoms with Gasteiger partial charge in [0.25, 0.3) is 5.91 Å². The fourth-order valence-electron chi connectivity index (χ4n) is 3.60. The average Bonchev–Trinajstić information content (AvgIpc) is 2.80. The Bertz CT molecular complexity index is 1310. The molecule has 0 fully saturated rings. The summed E-state index contributed by atoms with van der Waals surface area (Å²) in [6.45, 7) is 3.72. The molecule has 6 nitrogen and oxygen atoms in total. The third-order valence-electron chi connectivity index (χ3n) is 5.89. The van der Waals surface area contributed by atoms with E-state index >= 15 is 0 Å². The number of amides is 1. The number of hydrogen-bond donors (Lipinski definition) is 1. The lowest BCUT2D eigenvalue weighted by Crippen LogP contribution is -2.58. The molecule has 1 unspecified atom stereocenters. The Morgan fingerprint density at radius 2 is 1.66 bits per heavy atom. The number of sulfone groups is 1. The molecule has 1 heterocycles. The van der Waals surface area contributed by atoms with Crippen LogP contribution in [-0.2, 0) is 32.1 Å². The first-order valence-electron chi connectivity index (χ1n) is 10.7. The summed E-state index contributed by atoms with van der Waals surface area (Å²) >= 11 is 0. The Hall–Kier alpha value is -3.24. The van der Waals surface area contributed by atoms with E-state index in [2.05, 4.69) is 4.98 Å². The lowest BCUT2D eigenvalue weighted by molar-refractivity contribution is -0.141. The number of nitrogens with two attached hydrogens (primary N) is 1. The maximum Gasteiger partial charge on any atom is 0.433 e. The van der Waals surface area contributed by atoms with Crippen molar-refractivity contribution in [1.29, 1.82) is 0 Å². The second kappa shape index (κ2) is 9.79. The molecule has 0 aliphatic heterocycles. The number of halogens is 3. The summed E-state index contributed by atoms with van der Waals surface area (Å²) in [5.74, 6) is -0.866. The number of hydrogen-bond acceptors (Lipinski definition) is 5. The van der Waals surface area contributed by atoms with Crippen molar-refractivity contribution in [3.8, 4) is 0 Å². The standard InChI is InChI=1S/C25H26F3N3O3S/c1-17-9-11-21(15-18(17)2)31(14-13-19-10-12-22(30-16-19)25(26,27)28)23(32)24(29,35(3,33)34)20-7-5-4-6-8-20/h4-12,15-16H,13-14,29H2,1-3H3. The van der Waals surface area contributed by atoms with Crippen LogP contribution in [-0.4, -0.2) is 32.1 Å². The van der Waals surface area contributed by atoms with E-state index in [1.54, 1.807) is 36.4 Å². The minimum absolute atomic E-state index is 0.0321. The molecule has 1 aromatic heterocycles. The van der Waals surface area contributed by atoms with Crippen LogP contribution in [0.25, 0.3) is 0 Å². The molecular formula is C25H26F3N3O3S. The third-order valence-corrected chi connectivity index (χ3v) is 7.47. The van der Waals surface area contributed by atoms with Gasteiger partial charge in [0.15, 0.2) is 9.84 Å². The summed E-state index contributed by atoms with van der Waals surface area (Å²) in [6, 6.07) is 15.2. The van der Waals surface area contributed by atoms with Crippen molar-refractivity contribution in [3.63, 3.8) is 0 Å². The quantitative estimate of drug-likeness (QED) is 0.521. The lowest BCUT2D eigenvalue weighted by Gasteiger charge is -2.34. The zero-order valence-electron chi connectivity index (χ0n) is 19.5. The van der Waals surface area contributed by atoms with Gasteiger partial charge in [-0.1, -0.05) is 42.5 Å². The van der Waals surface area contributed by atoms with Gasteiger partial charge in [0.05, 0.1) is 0 Å². The number of aryl methyl sites for hydroxylation is 2. The SMILES string of the molecule is Cc1ccc(N(CCc2ccc(C(F)(F)F)nc2)C(=O)C(N)(c2ccccc2)S(C)(=O)=O)cc1C. The molecule has 0 saturated carbocycles. The summed E-state index contributed by atoms with van der Waals surface area (Å²) in [4.78, 5) is 16.2. The van der Waals surface area contributed by atoms with Crippen molar-refractivity contribution >= 4 is 21.4 Å². The van der Waals surface area contributed by atoms with E-state index in [9.17, 15) is 26.4 Å². The first-order valence-corrected chi connectivity index (χ1v) is 12.6. The van der Waals surface area contributed by atoms with Crippen LogP contribution in [0.5, 0.6) is 0 Å². The number of carbonyl (C=O) groups excluding carboxylic acids is 1. The number of nitrogens with zero attached hydrogens (tertiary/aromatic N) is 2. The maximum absolute atomic E-state index is 13.9. The molecule has 0 saturated heterocycles. The number of carbonyl (C=O) groups is 1. The molecule has 3 rings (SSSR count). The first kappa shape index (κ1) is 26.4. The van der Waals surface area contributed by atoms with Crippen LogP contribution in [0.15, 0.2) is 66.9 Å². The Morgan fingerprint density at radius 1 is 1.00 bits per heavy atom. The molecule has 186 valence electrons. The lowest BCUT2D eigenvalue weighted by atomic mass is 10.0. The van der Waals surface area contributed by atoms with Gasteiger partial charge in [-0.15, -0.1) is 0 Å². The largest absolute Gasteiger partial charge is 0.433 e. The second-order valence-electron chi connectivity index (χ2n) is 8.40. The summed E-state index contributed by atoms with van der Waals surface area (Å²) < 4.78 is 64.3. The van der Waals surface area contributed by atoms with Crippen molar-refractivity contribution in [2.75, 3.05) is 17.7 Å². The van der Waals surface area contributed by atoms with Crippen LogP contribution in [0.4, 0.5) is 18.9 Å². The van der Waals surface area contributed by atoms with Crippen LogP contribution in [0.3, 0.4) is 0 Å². The molecule has 2 N–H and O–H groups in total. The molecule has 35 heavy (non-hydrogen) atoms. The van der Waals surface area contributed by atoms with Gasteiger partial charge in [0, 0.05) is 24.7 Å². The zero-order chi connectivity index (χ0) is 26.0. The van der Waals surface area contributed by atoms with Gasteiger partial charge in [-0.2, -0.15) is 13.2 Å². The minimum Gasteiger partial charge on any atom is -0.309 e. The van der Waals surface area contributed by atoms with E-state index in [1.165, 1.54) is 23.1 Å². The Balaban J connectivity index is 2.04. The predicted molar refractivity (Wildman–Crippen MR) is 128 cm³/mol. The fraction of sp³-hybridized carbons (Fsp3) is 0.280. The highest BCUT2D eigenvalue weighted by Gasteiger charge is 2.48. The van der Waals surface area contributed by atoms with Crippen molar-refractivity contribution in [3.05, 3.63) is 94.8 Å². The van der Waals surface area contributed by atoms with Gasteiger partial charge < -0.3 is 10.6 Å². The van der Waals surface area contributed by atoms with E-state index in [-0.39, 0.29) is 18.5 Å². The Kier molecular flexibility index (Phi) is 7.37. The monoisotopic (exact) mass is 505 g/mol. The molecule has 3 aromatic rings. The number of rotatable bonds is 7. The molecule has 0 spiro atoms. The molecule has 0 radical (unpaired) electrons. The fourth-order valence-corrected chi connectivity index (χ4v) is 4.60. The number of aromatic nitrogens is 1. The van der Waals surface area contributed by atoms with Crippen LogP contribution in [0.1, 0.15) is 27.9 Å². The van der Waals surface area contributed by atoms with Gasteiger partial charge in [0.2, 0.25) is 4.87 Å². The molecular weight excluding hydrogens is 479 g/mol. The summed E-state index contributed by atoms with van der Waals surface area (Å²) in [7, 11) is -4.14. The molecule has 2 aromatic carbocycles. The van der Waals surface area contributed by atoms with E-state index < -0.39 is 32.5 Å². The van der Waals surface area contributed by atoms with Crippen molar-refractivity contribution < 1.29 is 26.4 Å². The van der Waals surface area contributed by atoms with Crippen LogP contribution in [0, 0.1) is 13.8 Å². The second-order valence-corrected chi connectivity index (χ2v) is 10.6. The summed E-state index contributed by atoms with van der Waals surface area (Å²) in [6.07, 6.45) is -2.45. The van der Waals surface area contributed by atoms with Gasteiger partial charge in [-0.25, -0.2) is 8.42 Å². The van der Waals surface area contributed by atoms with Crippen molar-refractivity contribution in [1.82, 2.24) is 4.98 Å². The Labute approximate surface area is 202 Å². The smallest absolute Gasteiger partial charge is 0.309 e. The normalized spacial score (nSPS) is 13.8. The number of pyridine rings is 1. The predicted octanol–water partition coefficient (Wildman–Crippen LogP) is 4.15. The van der Waals surface area contributed by atoms with Crippen LogP contribution < -0.4 is 10.6 Å².